The molecule has 1 aromatic carbocycles. The molecular weight excluding hydrogens is 314 g/mol. The zero-order chi connectivity index (χ0) is 15.2. The molecule has 1 aliphatic rings. The molecule has 0 N–H and O–H groups in total. The number of thioether (sulfide) groups is 1. The van der Waals surface area contributed by atoms with Crippen molar-refractivity contribution in [2.75, 3.05) is 18.8 Å². The number of hydrogen-bond donors (Lipinski definition) is 0. The standard InChI is InChI=1S/C16H19N3OS2/c20-14(19-10-6-1-2-7-11-19)12-21-16-17-15(18-22-16)13-8-4-3-5-9-13/h3-5,8-9H,1-2,6-7,10-12H2. The van der Waals surface area contributed by atoms with Gasteiger partial charge in [-0.3, -0.25) is 4.79 Å². The lowest BCUT2D eigenvalue weighted by Gasteiger charge is -2.19. The Morgan fingerprint density at radius 1 is 1.14 bits per heavy atom. The summed E-state index contributed by atoms with van der Waals surface area (Å²) in [6, 6.07) is 9.93. The third-order valence-electron chi connectivity index (χ3n) is 3.72. The van der Waals surface area contributed by atoms with Crippen molar-refractivity contribution < 1.29 is 4.79 Å². The van der Waals surface area contributed by atoms with Crippen LogP contribution in [0.15, 0.2) is 34.7 Å². The second-order valence-corrected chi connectivity index (χ2v) is 7.31. The molecule has 0 atom stereocenters. The van der Waals surface area contributed by atoms with Crippen molar-refractivity contribution in [2.24, 2.45) is 0 Å². The van der Waals surface area contributed by atoms with Crippen LogP contribution < -0.4 is 0 Å². The van der Waals surface area contributed by atoms with Gasteiger partial charge in [0.25, 0.3) is 0 Å². The normalized spacial score (nSPS) is 15.5. The molecule has 3 rings (SSSR count). The van der Waals surface area contributed by atoms with Gasteiger partial charge in [-0.1, -0.05) is 54.9 Å². The SMILES string of the molecule is O=C(CSc1nc(-c2ccccc2)ns1)N1CCCCCC1. The smallest absolute Gasteiger partial charge is 0.233 e. The maximum absolute atomic E-state index is 12.3. The van der Waals surface area contributed by atoms with Gasteiger partial charge in [-0.25, -0.2) is 4.98 Å². The van der Waals surface area contributed by atoms with E-state index >= 15 is 0 Å². The van der Waals surface area contributed by atoms with E-state index in [2.05, 4.69) is 9.36 Å². The highest BCUT2D eigenvalue weighted by Gasteiger charge is 2.16. The Labute approximate surface area is 139 Å². The summed E-state index contributed by atoms with van der Waals surface area (Å²) >= 11 is 2.87. The maximum atomic E-state index is 12.3. The summed E-state index contributed by atoms with van der Waals surface area (Å²) in [5.74, 6) is 1.43. The van der Waals surface area contributed by atoms with Crippen molar-refractivity contribution in [3.63, 3.8) is 0 Å². The summed E-state index contributed by atoms with van der Waals surface area (Å²) in [7, 11) is 0. The number of aromatic nitrogens is 2. The molecule has 1 saturated heterocycles. The van der Waals surface area contributed by atoms with Crippen molar-refractivity contribution in [1.82, 2.24) is 14.3 Å². The molecule has 0 radical (unpaired) electrons. The Morgan fingerprint density at radius 2 is 1.86 bits per heavy atom. The second kappa shape index (κ2) is 7.74. The summed E-state index contributed by atoms with van der Waals surface area (Å²) in [5, 5.41) is 0. The van der Waals surface area contributed by atoms with E-state index in [4.69, 9.17) is 0 Å². The summed E-state index contributed by atoms with van der Waals surface area (Å²) in [6.45, 7) is 1.82. The first kappa shape index (κ1) is 15.5. The minimum atomic E-state index is 0.225. The molecular formula is C16H19N3OS2. The summed E-state index contributed by atoms with van der Waals surface area (Å²) in [4.78, 5) is 18.8. The van der Waals surface area contributed by atoms with Gasteiger partial charge in [-0.15, -0.1) is 0 Å². The molecule has 6 heteroatoms. The largest absolute Gasteiger partial charge is 0.342 e. The van der Waals surface area contributed by atoms with Crippen molar-refractivity contribution in [3.05, 3.63) is 30.3 Å². The van der Waals surface area contributed by atoms with Crippen LogP contribution in [0.3, 0.4) is 0 Å². The van der Waals surface area contributed by atoms with Crippen molar-refractivity contribution in [3.8, 4) is 11.4 Å². The molecule has 0 spiro atoms. The van der Waals surface area contributed by atoms with E-state index in [1.807, 2.05) is 35.2 Å². The molecule has 0 bridgehead atoms. The van der Waals surface area contributed by atoms with Crippen LogP contribution in [0.25, 0.3) is 11.4 Å². The number of likely N-dealkylation sites (tertiary alicyclic amines) is 1. The first-order valence-electron chi connectivity index (χ1n) is 7.62. The fourth-order valence-corrected chi connectivity index (χ4v) is 4.03. The van der Waals surface area contributed by atoms with E-state index in [0.717, 1.165) is 41.7 Å². The van der Waals surface area contributed by atoms with Gasteiger partial charge >= 0.3 is 0 Å². The summed E-state index contributed by atoms with van der Waals surface area (Å²) < 4.78 is 5.24. The van der Waals surface area contributed by atoms with Crippen LogP contribution in [-0.2, 0) is 4.79 Å². The molecule has 0 saturated carbocycles. The number of nitrogens with zero attached hydrogens (tertiary/aromatic N) is 3. The van der Waals surface area contributed by atoms with E-state index in [0.29, 0.717) is 5.75 Å². The molecule has 2 aromatic rings. The lowest BCUT2D eigenvalue weighted by atomic mass is 10.2. The molecule has 1 aliphatic heterocycles. The Kier molecular flexibility index (Phi) is 5.45. The van der Waals surface area contributed by atoms with Crippen LogP contribution in [0.5, 0.6) is 0 Å². The molecule has 0 unspecified atom stereocenters. The monoisotopic (exact) mass is 333 g/mol. The van der Waals surface area contributed by atoms with Gasteiger partial charge < -0.3 is 4.90 Å². The Bertz CT molecular complexity index is 607. The van der Waals surface area contributed by atoms with Crippen LogP contribution in [0, 0.1) is 0 Å². The highest BCUT2D eigenvalue weighted by molar-refractivity contribution is 8.01. The topological polar surface area (TPSA) is 46.1 Å². The fourth-order valence-electron chi connectivity index (χ4n) is 2.51. The molecule has 22 heavy (non-hydrogen) atoms. The van der Waals surface area contributed by atoms with E-state index < -0.39 is 0 Å². The van der Waals surface area contributed by atoms with Gasteiger partial charge in [0.05, 0.1) is 5.75 Å². The number of benzene rings is 1. The van der Waals surface area contributed by atoms with Gasteiger partial charge in [0.2, 0.25) is 5.91 Å². The lowest BCUT2D eigenvalue weighted by molar-refractivity contribution is -0.128. The van der Waals surface area contributed by atoms with E-state index in [-0.39, 0.29) is 5.91 Å². The summed E-state index contributed by atoms with van der Waals surface area (Å²) in [5.41, 5.74) is 1.02. The average molecular weight is 333 g/mol. The van der Waals surface area contributed by atoms with Gasteiger partial charge in [-0.2, -0.15) is 4.37 Å². The fraction of sp³-hybridized carbons (Fsp3) is 0.438. The molecule has 1 fully saturated rings. The highest BCUT2D eigenvalue weighted by atomic mass is 32.2. The molecule has 2 heterocycles. The predicted molar refractivity (Wildman–Crippen MR) is 91.1 cm³/mol. The maximum Gasteiger partial charge on any atom is 0.233 e. The predicted octanol–water partition coefficient (Wildman–Crippen LogP) is 3.70. The lowest BCUT2D eigenvalue weighted by Crippen LogP contribution is -2.33. The zero-order valence-electron chi connectivity index (χ0n) is 12.4. The van der Waals surface area contributed by atoms with E-state index in [9.17, 15) is 4.79 Å². The van der Waals surface area contributed by atoms with Crippen molar-refractivity contribution >= 4 is 29.2 Å². The Morgan fingerprint density at radius 3 is 2.59 bits per heavy atom. The number of carbonyl (C=O) groups is 1. The van der Waals surface area contributed by atoms with E-state index in [1.54, 1.807) is 0 Å². The number of hydrogen-bond acceptors (Lipinski definition) is 5. The number of rotatable bonds is 4. The van der Waals surface area contributed by atoms with Crippen LogP contribution in [-0.4, -0.2) is 39.0 Å². The van der Waals surface area contributed by atoms with Gasteiger partial charge in [-0.05, 0) is 24.4 Å². The van der Waals surface area contributed by atoms with Crippen molar-refractivity contribution in [1.29, 1.82) is 0 Å². The average Bonchev–Trinajstić information content (AvgIpc) is 2.87. The number of amides is 1. The van der Waals surface area contributed by atoms with Gasteiger partial charge in [0.1, 0.15) is 0 Å². The zero-order valence-corrected chi connectivity index (χ0v) is 14.0. The molecule has 116 valence electrons. The molecule has 1 amide bonds. The second-order valence-electron chi connectivity index (χ2n) is 5.33. The minimum Gasteiger partial charge on any atom is -0.342 e. The molecule has 1 aromatic heterocycles. The third-order valence-corrected chi connectivity index (χ3v) is 5.54. The van der Waals surface area contributed by atoms with E-state index in [1.165, 1.54) is 36.1 Å². The van der Waals surface area contributed by atoms with Crippen LogP contribution >= 0.6 is 23.3 Å². The first-order valence-corrected chi connectivity index (χ1v) is 9.38. The third kappa shape index (κ3) is 4.08. The van der Waals surface area contributed by atoms with Crippen LogP contribution in [0.1, 0.15) is 25.7 Å². The summed E-state index contributed by atoms with van der Waals surface area (Å²) in [6.07, 6.45) is 4.75. The van der Waals surface area contributed by atoms with Gasteiger partial charge in [0, 0.05) is 18.7 Å². The first-order chi connectivity index (χ1) is 10.8. The Balaban J connectivity index is 1.55. The van der Waals surface area contributed by atoms with Crippen LogP contribution in [0.4, 0.5) is 0 Å². The van der Waals surface area contributed by atoms with Gasteiger partial charge in [0.15, 0.2) is 10.2 Å². The quantitative estimate of drug-likeness (QED) is 0.800. The van der Waals surface area contributed by atoms with Crippen LogP contribution in [0.2, 0.25) is 0 Å². The molecule has 0 aliphatic carbocycles. The Hall–Kier alpha value is -1.40. The minimum absolute atomic E-state index is 0.225. The molecule has 4 nitrogen and oxygen atoms in total. The number of carbonyl (C=O) groups excluding carboxylic acids is 1. The van der Waals surface area contributed by atoms with Crippen molar-refractivity contribution in [2.45, 2.75) is 30.0 Å². The highest BCUT2D eigenvalue weighted by Crippen LogP contribution is 2.25.